The highest BCUT2D eigenvalue weighted by Gasteiger charge is 2.50. The number of fused-ring (bicyclic) bond motifs is 1. The van der Waals surface area contributed by atoms with Crippen molar-refractivity contribution in [3.8, 4) is 11.5 Å². The Morgan fingerprint density at radius 1 is 1.11 bits per heavy atom. The van der Waals surface area contributed by atoms with E-state index in [0.29, 0.717) is 13.0 Å². The molecule has 0 aromatic heterocycles. The van der Waals surface area contributed by atoms with Crippen molar-refractivity contribution in [3.63, 3.8) is 0 Å². The van der Waals surface area contributed by atoms with Gasteiger partial charge in [-0.15, -0.1) is 0 Å². The van der Waals surface area contributed by atoms with Gasteiger partial charge < -0.3 is 25.2 Å². The van der Waals surface area contributed by atoms with E-state index >= 15 is 0 Å². The van der Waals surface area contributed by atoms with E-state index in [2.05, 4.69) is 5.32 Å². The fourth-order valence-corrected chi connectivity index (χ4v) is 3.95. The van der Waals surface area contributed by atoms with E-state index in [-0.39, 0.29) is 36.1 Å². The van der Waals surface area contributed by atoms with Gasteiger partial charge in [-0.3, -0.25) is 9.59 Å². The number of benzene rings is 2. The number of aromatic hydroxyl groups is 2. The Kier molecular flexibility index (Phi) is 4.24. The predicted octanol–water partition coefficient (Wildman–Crippen LogP) is 1.35. The van der Waals surface area contributed by atoms with E-state index in [0.717, 1.165) is 5.56 Å². The van der Waals surface area contributed by atoms with Gasteiger partial charge in [0.1, 0.15) is 29.8 Å². The smallest absolute Gasteiger partial charge is 0.261 e. The van der Waals surface area contributed by atoms with Gasteiger partial charge in [-0.1, -0.05) is 36.4 Å². The molecule has 2 heterocycles. The first-order chi connectivity index (χ1) is 13.0. The number of phenolic OH excluding ortho intramolecular Hbond substituents is 2. The van der Waals surface area contributed by atoms with Crippen molar-refractivity contribution in [2.45, 2.75) is 18.1 Å². The highest BCUT2D eigenvalue weighted by atomic mass is 16.5. The minimum absolute atomic E-state index is 0.0664. The van der Waals surface area contributed by atoms with Crippen molar-refractivity contribution >= 4 is 11.8 Å². The van der Waals surface area contributed by atoms with Crippen LogP contribution in [0.4, 0.5) is 0 Å². The summed E-state index contributed by atoms with van der Waals surface area (Å²) in [7, 11) is 0. The molecule has 0 unspecified atom stereocenters. The summed E-state index contributed by atoms with van der Waals surface area (Å²) >= 11 is 0. The van der Waals surface area contributed by atoms with E-state index < -0.39 is 17.6 Å². The van der Waals surface area contributed by atoms with Gasteiger partial charge >= 0.3 is 0 Å². The van der Waals surface area contributed by atoms with Gasteiger partial charge in [0.15, 0.2) is 0 Å². The molecule has 7 nitrogen and oxygen atoms in total. The monoisotopic (exact) mass is 368 g/mol. The Morgan fingerprint density at radius 2 is 1.81 bits per heavy atom. The molecule has 2 amide bonds. The van der Waals surface area contributed by atoms with Crippen LogP contribution in [0, 0.1) is 0 Å². The number of phenols is 2. The summed E-state index contributed by atoms with van der Waals surface area (Å²) in [5.74, 6) is -1.18. The number of nitrogens with one attached hydrogen (secondary N) is 1. The number of hydrogen-bond acceptors (Lipinski definition) is 5. The van der Waals surface area contributed by atoms with Gasteiger partial charge in [0, 0.05) is 13.1 Å². The molecule has 3 N–H and O–H groups in total. The van der Waals surface area contributed by atoms with Crippen LogP contribution < -0.4 is 5.32 Å². The maximum atomic E-state index is 12.9. The topological polar surface area (TPSA) is 99.1 Å². The van der Waals surface area contributed by atoms with Crippen molar-refractivity contribution in [1.29, 1.82) is 0 Å². The zero-order valence-corrected chi connectivity index (χ0v) is 14.6. The molecule has 2 aromatic rings. The van der Waals surface area contributed by atoms with Gasteiger partial charge in [0.2, 0.25) is 5.91 Å². The number of ether oxygens (including phenoxy) is 1. The lowest BCUT2D eigenvalue weighted by Crippen LogP contribution is -2.67. The standard InChI is InChI=1S/C20H20N2O5/c23-14-7-4-8-15(24)18(14)19(26)22-10-9-20(13-5-2-1-3-6-13)16(11-22)27-12-17(25)21-20/h1-8,16,23-24H,9-12H2,(H,21,25)/t16-,20+/m1/s1. The average molecular weight is 368 g/mol. The first-order valence-electron chi connectivity index (χ1n) is 8.79. The van der Waals surface area contributed by atoms with Crippen LogP contribution in [0.3, 0.4) is 0 Å². The summed E-state index contributed by atoms with van der Waals surface area (Å²) in [6.07, 6.45) is 0.0383. The molecule has 2 fully saturated rings. The second-order valence-corrected chi connectivity index (χ2v) is 6.86. The Hall–Kier alpha value is -3.06. The zero-order valence-electron chi connectivity index (χ0n) is 14.6. The number of nitrogens with zero attached hydrogens (tertiary/aromatic N) is 1. The lowest BCUT2D eigenvalue weighted by molar-refractivity contribution is -0.150. The Morgan fingerprint density at radius 3 is 2.52 bits per heavy atom. The van der Waals surface area contributed by atoms with Crippen LogP contribution in [-0.4, -0.2) is 52.7 Å². The lowest BCUT2D eigenvalue weighted by atomic mass is 9.77. The van der Waals surface area contributed by atoms with Gasteiger partial charge in [-0.2, -0.15) is 0 Å². The minimum atomic E-state index is -0.700. The summed E-state index contributed by atoms with van der Waals surface area (Å²) in [6, 6.07) is 13.8. The molecule has 140 valence electrons. The van der Waals surface area contributed by atoms with Crippen LogP contribution in [0.2, 0.25) is 0 Å². The number of amides is 2. The molecule has 2 aliphatic rings. The molecule has 0 spiro atoms. The van der Waals surface area contributed by atoms with E-state index in [4.69, 9.17) is 4.74 Å². The second kappa shape index (κ2) is 6.59. The van der Waals surface area contributed by atoms with Crippen molar-refractivity contribution < 1.29 is 24.5 Å². The molecule has 2 aromatic carbocycles. The first-order valence-corrected chi connectivity index (χ1v) is 8.79. The van der Waals surface area contributed by atoms with Crippen LogP contribution in [0.15, 0.2) is 48.5 Å². The number of piperidine rings is 1. The number of rotatable bonds is 2. The number of morpholine rings is 1. The summed E-state index contributed by atoms with van der Waals surface area (Å²) < 4.78 is 5.80. The molecular weight excluding hydrogens is 348 g/mol. The van der Waals surface area contributed by atoms with Gasteiger partial charge in [-0.25, -0.2) is 0 Å². The summed E-state index contributed by atoms with van der Waals surface area (Å²) in [6.45, 7) is 0.520. The Balaban J connectivity index is 1.64. The number of carbonyl (C=O) groups excluding carboxylic acids is 2. The summed E-state index contributed by atoms with van der Waals surface area (Å²) in [5, 5.41) is 23.1. The highest BCUT2D eigenvalue weighted by molar-refractivity contribution is 5.99. The molecule has 27 heavy (non-hydrogen) atoms. The molecule has 2 saturated heterocycles. The van der Waals surface area contributed by atoms with Crippen molar-refractivity contribution in [3.05, 3.63) is 59.7 Å². The third-order valence-corrected chi connectivity index (χ3v) is 5.30. The van der Waals surface area contributed by atoms with Crippen molar-refractivity contribution in [2.24, 2.45) is 0 Å². The largest absolute Gasteiger partial charge is 0.507 e. The van der Waals surface area contributed by atoms with Gasteiger partial charge in [-0.05, 0) is 24.1 Å². The summed E-state index contributed by atoms with van der Waals surface area (Å²) in [5.41, 5.74) is 0.110. The Labute approximate surface area is 156 Å². The lowest BCUT2D eigenvalue weighted by Gasteiger charge is -2.50. The van der Waals surface area contributed by atoms with Crippen LogP contribution in [-0.2, 0) is 15.1 Å². The molecular formula is C20H20N2O5. The molecule has 7 heteroatoms. The van der Waals surface area contributed by atoms with Crippen LogP contribution in [0.25, 0.3) is 0 Å². The maximum absolute atomic E-state index is 12.9. The number of hydrogen-bond donors (Lipinski definition) is 3. The second-order valence-electron chi connectivity index (χ2n) is 6.86. The molecule has 4 rings (SSSR count). The van der Waals surface area contributed by atoms with Crippen molar-refractivity contribution in [1.82, 2.24) is 10.2 Å². The summed E-state index contributed by atoms with van der Waals surface area (Å²) in [4.78, 5) is 26.5. The normalized spacial score (nSPS) is 24.8. The molecule has 0 radical (unpaired) electrons. The zero-order chi connectivity index (χ0) is 19.0. The Bertz CT molecular complexity index is 865. The fourth-order valence-electron chi connectivity index (χ4n) is 3.95. The molecule has 2 aliphatic heterocycles. The van der Waals surface area contributed by atoms with E-state index in [1.807, 2.05) is 30.3 Å². The van der Waals surface area contributed by atoms with Gasteiger partial charge in [0.25, 0.3) is 5.91 Å². The molecule has 2 atom stereocenters. The van der Waals surface area contributed by atoms with E-state index in [9.17, 15) is 19.8 Å². The third-order valence-electron chi connectivity index (χ3n) is 5.30. The molecule has 0 saturated carbocycles. The third kappa shape index (κ3) is 2.90. The quantitative estimate of drug-likeness (QED) is 0.743. The number of carbonyl (C=O) groups is 2. The van der Waals surface area contributed by atoms with Crippen molar-refractivity contribution in [2.75, 3.05) is 19.7 Å². The average Bonchev–Trinajstić information content (AvgIpc) is 2.68. The van der Waals surface area contributed by atoms with E-state index in [1.54, 1.807) is 0 Å². The predicted molar refractivity (Wildman–Crippen MR) is 96.3 cm³/mol. The van der Waals surface area contributed by atoms with Gasteiger partial charge in [0.05, 0.1) is 5.54 Å². The minimum Gasteiger partial charge on any atom is -0.507 e. The van der Waals surface area contributed by atoms with Crippen LogP contribution in [0.1, 0.15) is 22.3 Å². The highest BCUT2D eigenvalue weighted by Crippen LogP contribution is 2.38. The van der Waals surface area contributed by atoms with E-state index in [1.165, 1.54) is 23.1 Å². The SMILES string of the molecule is O=C1CO[C@@H]2CN(C(=O)c3c(O)cccc3O)CC[C@@]2(c2ccccc2)N1. The van der Waals surface area contributed by atoms with Crippen LogP contribution >= 0.6 is 0 Å². The maximum Gasteiger partial charge on any atom is 0.261 e. The fraction of sp³-hybridized carbons (Fsp3) is 0.300. The molecule has 0 bridgehead atoms. The first kappa shape index (κ1) is 17.4. The molecule has 0 aliphatic carbocycles. The van der Waals surface area contributed by atoms with Crippen LogP contribution in [0.5, 0.6) is 11.5 Å². The number of likely N-dealkylation sites (tertiary alicyclic amines) is 1.